The highest BCUT2D eigenvalue weighted by molar-refractivity contribution is 6.33. The molecule has 6 N–H and O–H groups in total. The molecule has 9 heteroatoms. The maximum atomic E-state index is 11.7. The summed E-state index contributed by atoms with van der Waals surface area (Å²) < 4.78 is 4.44. The van der Waals surface area contributed by atoms with E-state index in [1.54, 1.807) is 0 Å². The highest BCUT2D eigenvalue weighted by atomic mass is 35.5. The SMILES string of the molecule is NNc1ccc(Cl)c(C(=O)NCCOC(N)=O)n1. The van der Waals surface area contributed by atoms with Crippen LogP contribution in [0, 0.1) is 0 Å². The number of amides is 2. The van der Waals surface area contributed by atoms with E-state index < -0.39 is 12.0 Å². The van der Waals surface area contributed by atoms with Gasteiger partial charge in [0.25, 0.3) is 5.91 Å². The summed E-state index contributed by atoms with van der Waals surface area (Å²) in [6.45, 7) is 0.0631. The molecule has 0 aliphatic heterocycles. The average molecular weight is 274 g/mol. The minimum Gasteiger partial charge on any atom is -0.448 e. The number of carbonyl (C=O) groups excluding carboxylic acids is 2. The number of rotatable bonds is 5. The number of nitrogens with two attached hydrogens (primary N) is 2. The molecule has 1 heterocycles. The molecule has 18 heavy (non-hydrogen) atoms. The van der Waals surface area contributed by atoms with Crippen LogP contribution in [-0.2, 0) is 4.74 Å². The van der Waals surface area contributed by atoms with Gasteiger partial charge in [-0.1, -0.05) is 11.6 Å². The maximum Gasteiger partial charge on any atom is 0.404 e. The summed E-state index contributed by atoms with van der Waals surface area (Å²) in [5, 5.41) is 2.64. The second kappa shape index (κ2) is 6.62. The van der Waals surface area contributed by atoms with Crippen LogP contribution in [0.25, 0.3) is 0 Å². The third kappa shape index (κ3) is 4.07. The number of carbonyl (C=O) groups is 2. The van der Waals surface area contributed by atoms with Crippen molar-refractivity contribution in [3.8, 4) is 0 Å². The molecular formula is C9H12ClN5O3. The number of nitrogen functional groups attached to an aromatic ring is 1. The predicted octanol–water partition coefficient (Wildman–Crippen LogP) is -0.154. The van der Waals surface area contributed by atoms with Crippen molar-refractivity contribution in [2.24, 2.45) is 11.6 Å². The standard InChI is InChI=1S/C9H12ClN5O3/c10-5-1-2-6(15-12)14-7(5)8(16)13-3-4-18-9(11)17/h1-2H,3-4,12H2,(H2,11,17)(H,13,16)(H,14,15). The second-order valence-corrected chi connectivity index (χ2v) is 3.50. The van der Waals surface area contributed by atoms with Crippen molar-refractivity contribution in [1.82, 2.24) is 10.3 Å². The summed E-state index contributed by atoms with van der Waals surface area (Å²) in [6, 6.07) is 3.01. The quantitative estimate of drug-likeness (QED) is 0.335. The molecule has 0 unspecified atom stereocenters. The van der Waals surface area contributed by atoms with Crippen LogP contribution in [0.5, 0.6) is 0 Å². The summed E-state index contributed by atoms with van der Waals surface area (Å²) >= 11 is 5.81. The van der Waals surface area contributed by atoms with Crippen molar-refractivity contribution in [2.75, 3.05) is 18.6 Å². The number of ether oxygens (including phenoxy) is 1. The molecule has 0 spiro atoms. The smallest absolute Gasteiger partial charge is 0.404 e. The number of hydrogen-bond donors (Lipinski definition) is 4. The van der Waals surface area contributed by atoms with E-state index in [1.165, 1.54) is 12.1 Å². The Morgan fingerprint density at radius 2 is 2.17 bits per heavy atom. The van der Waals surface area contributed by atoms with Crippen LogP contribution < -0.4 is 22.3 Å². The van der Waals surface area contributed by atoms with Crippen LogP contribution >= 0.6 is 11.6 Å². The van der Waals surface area contributed by atoms with Crippen LogP contribution in [0.15, 0.2) is 12.1 Å². The number of anilines is 1. The van der Waals surface area contributed by atoms with Crippen LogP contribution in [-0.4, -0.2) is 30.1 Å². The number of nitrogens with zero attached hydrogens (tertiary/aromatic N) is 1. The Hall–Kier alpha value is -2.06. The number of halogens is 1. The largest absolute Gasteiger partial charge is 0.448 e. The first-order valence-corrected chi connectivity index (χ1v) is 5.26. The Morgan fingerprint density at radius 3 is 2.78 bits per heavy atom. The summed E-state index contributed by atoms with van der Waals surface area (Å²) in [7, 11) is 0. The molecule has 0 aliphatic carbocycles. The van der Waals surface area contributed by atoms with Crippen LogP contribution in [0.1, 0.15) is 10.5 Å². The molecule has 0 bridgehead atoms. The fourth-order valence-electron chi connectivity index (χ4n) is 1.08. The molecule has 98 valence electrons. The zero-order valence-electron chi connectivity index (χ0n) is 9.27. The first kappa shape index (κ1) is 14.0. The Labute approximate surface area is 108 Å². The van der Waals surface area contributed by atoms with E-state index >= 15 is 0 Å². The van der Waals surface area contributed by atoms with Gasteiger partial charge in [-0.05, 0) is 12.1 Å². The molecule has 0 saturated carbocycles. The first-order valence-electron chi connectivity index (χ1n) is 4.88. The van der Waals surface area contributed by atoms with E-state index in [1.807, 2.05) is 0 Å². The molecular weight excluding hydrogens is 262 g/mol. The number of nitrogens with one attached hydrogen (secondary N) is 2. The third-order valence-corrected chi connectivity index (χ3v) is 2.15. The molecule has 0 fully saturated rings. The van der Waals surface area contributed by atoms with Gasteiger partial charge in [0.05, 0.1) is 11.6 Å². The Kier molecular flexibility index (Phi) is 5.15. The molecule has 0 atom stereocenters. The molecule has 0 saturated heterocycles. The Bertz CT molecular complexity index is 454. The summed E-state index contributed by atoms with van der Waals surface area (Å²) in [5.74, 6) is 4.96. The predicted molar refractivity (Wildman–Crippen MR) is 64.9 cm³/mol. The van der Waals surface area contributed by atoms with Gasteiger partial charge in [0.1, 0.15) is 18.1 Å². The van der Waals surface area contributed by atoms with Gasteiger partial charge in [-0.3, -0.25) is 4.79 Å². The molecule has 0 aromatic carbocycles. The zero-order chi connectivity index (χ0) is 13.5. The fourth-order valence-corrected chi connectivity index (χ4v) is 1.27. The average Bonchev–Trinajstić information content (AvgIpc) is 2.34. The summed E-state index contributed by atoms with van der Waals surface area (Å²) in [4.78, 5) is 25.9. The lowest BCUT2D eigenvalue weighted by atomic mass is 10.3. The van der Waals surface area contributed by atoms with Crippen LogP contribution in [0.2, 0.25) is 5.02 Å². The number of aromatic nitrogens is 1. The number of primary amides is 1. The molecule has 0 radical (unpaired) electrons. The van der Waals surface area contributed by atoms with E-state index in [0.29, 0.717) is 5.82 Å². The van der Waals surface area contributed by atoms with Crippen LogP contribution in [0.3, 0.4) is 0 Å². The number of hydrogen-bond acceptors (Lipinski definition) is 6. The summed E-state index contributed by atoms with van der Waals surface area (Å²) in [5.41, 5.74) is 7.07. The molecule has 2 amide bonds. The van der Waals surface area contributed by atoms with Gasteiger partial charge < -0.3 is 21.2 Å². The number of hydrazine groups is 1. The fraction of sp³-hybridized carbons (Fsp3) is 0.222. The van der Waals surface area contributed by atoms with Gasteiger partial charge in [-0.15, -0.1) is 0 Å². The normalized spacial score (nSPS) is 9.67. The molecule has 1 aromatic rings. The minimum atomic E-state index is -0.908. The van der Waals surface area contributed by atoms with Crippen LogP contribution in [0.4, 0.5) is 10.6 Å². The lowest BCUT2D eigenvalue weighted by Crippen LogP contribution is -2.30. The monoisotopic (exact) mass is 273 g/mol. The third-order valence-electron chi connectivity index (χ3n) is 1.84. The van der Waals surface area contributed by atoms with E-state index in [4.69, 9.17) is 23.2 Å². The van der Waals surface area contributed by atoms with Crippen molar-refractivity contribution in [1.29, 1.82) is 0 Å². The van der Waals surface area contributed by atoms with Gasteiger partial charge in [0, 0.05) is 0 Å². The van der Waals surface area contributed by atoms with Crippen molar-refractivity contribution in [2.45, 2.75) is 0 Å². The lowest BCUT2D eigenvalue weighted by molar-refractivity contribution is 0.0932. The molecule has 0 aliphatic rings. The highest BCUT2D eigenvalue weighted by Gasteiger charge is 2.12. The maximum absolute atomic E-state index is 11.7. The highest BCUT2D eigenvalue weighted by Crippen LogP contribution is 2.15. The van der Waals surface area contributed by atoms with Gasteiger partial charge in [-0.25, -0.2) is 15.6 Å². The van der Waals surface area contributed by atoms with Gasteiger partial charge >= 0.3 is 6.09 Å². The Morgan fingerprint density at radius 1 is 1.44 bits per heavy atom. The minimum absolute atomic E-state index is 0.0196. The van der Waals surface area contributed by atoms with E-state index in [-0.39, 0.29) is 23.9 Å². The summed E-state index contributed by atoms with van der Waals surface area (Å²) in [6.07, 6.45) is -0.908. The van der Waals surface area contributed by atoms with Crippen molar-refractivity contribution >= 4 is 29.4 Å². The van der Waals surface area contributed by atoms with E-state index in [0.717, 1.165) is 0 Å². The van der Waals surface area contributed by atoms with E-state index in [9.17, 15) is 9.59 Å². The van der Waals surface area contributed by atoms with Crippen molar-refractivity contribution in [3.63, 3.8) is 0 Å². The molecule has 1 rings (SSSR count). The van der Waals surface area contributed by atoms with Gasteiger partial charge in [0.2, 0.25) is 0 Å². The zero-order valence-corrected chi connectivity index (χ0v) is 10.0. The molecule has 8 nitrogen and oxygen atoms in total. The lowest BCUT2D eigenvalue weighted by Gasteiger charge is -2.07. The number of pyridine rings is 1. The van der Waals surface area contributed by atoms with Crippen molar-refractivity contribution in [3.05, 3.63) is 22.8 Å². The van der Waals surface area contributed by atoms with Gasteiger partial charge in [-0.2, -0.15) is 0 Å². The van der Waals surface area contributed by atoms with Gasteiger partial charge in [0.15, 0.2) is 0 Å². The van der Waals surface area contributed by atoms with Crippen molar-refractivity contribution < 1.29 is 14.3 Å². The topological polar surface area (TPSA) is 132 Å². The second-order valence-electron chi connectivity index (χ2n) is 3.09. The Balaban J connectivity index is 2.58. The van der Waals surface area contributed by atoms with E-state index in [2.05, 4.69) is 20.5 Å². The first-order chi connectivity index (χ1) is 8.54. The molecule has 1 aromatic heterocycles.